The van der Waals surface area contributed by atoms with E-state index in [1.807, 2.05) is 6.07 Å². The maximum absolute atomic E-state index is 8.11. The van der Waals surface area contributed by atoms with Crippen molar-refractivity contribution < 1.29 is 0 Å². The van der Waals surface area contributed by atoms with Crippen molar-refractivity contribution in [2.45, 2.75) is 0 Å². The van der Waals surface area contributed by atoms with Crippen LogP contribution in [0.5, 0.6) is 0 Å². The van der Waals surface area contributed by atoms with Crippen LogP contribution in [-0.2, 0) is 0 Å². The molecule has 7 heavy (non-hydrogen) atoms. The van der Waals surface area contributed by atoms with Crippen molar-refractivity contribution in [2.24, 2.45) is 5.10 Å². The number of nitrogens with zero attached hydrogens (tertiary/aromatic N) is 2. The van der Waals surface area contributed by atoms with Crippen molar-refractivity contribution in [2.75, 3.05) is 6.54 Å². The summed E-state index contributed by atoms with van der Waals surface area (Å²) in [4.78, 5) is 0. The number of nitrogens with one attached hydrogen (secondary N) is 1. The van der Waals surface area contributed by atoms with Crippen LogP contribution in [0.25, 0.3) is 0 Å². The summed E-state index contributed by atoms with van der Waals surface area (Å²) in [5.41, 5.74) is 3.12. The van der Waals surface area contributed by atoms with Gasteiger partial charge in [-0.15, -0.1) is 0 Å². The van der Waals surface area contributed by atoms with E-state index in [0.717, 1.165) is 0 Å². The van der Waals surface area contributed by atoms with Crippen LogP contribution in [0.15, 0.2) is 5.10 Å². The van der Waals surface area contributed by atoms with Gasteiger partial charge in [0, 0.05) is 13.0 Å². The Morgan fingerprint density at radius 3 is 3.14 bits per heavy atom. The zero-order valence-electron chi connectivity index (χ0n) is 3.68. The molecule has 0 saturated heterocycles. The minimum Gasteiger partial charge on any atom is -0.308 e. The maximum atomic E-state index is 8.11. The van der Waals surface area contributed by atoms with Gasteiger partial charge in [-0.2, -0.15) is 10.4 Å². The van der Waals surface area contributed by atoms with Gasteiger partial charge in [0.2, 0.25) is 0 Å². The lowest BCUT2D eigenvalue weighted by Crippen LogP contribution is -1.97. The van der Waals surface area contributed by atoms with Gasteiger partial charge < -0.3 is 5.43 Å². The largest absolute Gasteiger partial charge is 0.308 e. The van der Waals surface area contributed by atoms with Gasteiger partial charge in [0.05, 0.1) is 0 Å². The molecule has 0 unspecified atom stereocenters. The highest BCUT2D eigenvalue weighted by Gasteiger charge is 2.01. The molecule has 1 rings (SSSR count). The molecule has 1 aliphatic heterocycles. The van der Waals surface area contributed by atoms with Crippen molar-refractivity contribution in [1.29, 1.82) is 5.26 Å². The van der Waals surface area contributed by atoms with E-state index < -0.39 is 0 Å². The fourth-order valence-electron chi connectivity index (χ4n) is 0.389. The molecule has 1 N–H and O–H groups in total. The lowest BCUT2D eigenvalue weighted by Gasteiger charge is -1.75. The van der Waals surface area contributed by atoms with E-state index in [-0.39, 0.29) is 0 Å². The van der Waals surface area contributed by atoms with Gasteiger partial charge in [0.15, 0.2) is 0 Å². The van der Waals surface area contributed by atoms with E-state index in [2.05, 4.69) is 10.5 Å². The Labute approximate surface area is 41.6 Å². The summed E-state index contributed by atoms with van der Waals surface area (Å²) >= 11 is 0. The molecule has 3 heteroatoms. The summed E-state index contributed by atoms with van der Waals surface area (Å²) in [6.45, 7) is 0.697. The van der Waals surface area contributed by atoms with Crippen LogP contribution in [0.3, 0.4) is 0 Å². The van der Waals surface area contributed by atoms with Crippen LogP contribution >= 0.6 is 0 Å². The Morgan fingerprint density at radius 1 is 2.00 bits per heavy atom. The summed E-state index contributed by atoms with van der Waals surface area (Å²) in [7, 11) is 0. The molecule has 0 aliphatic carbocycles. The second kappa shape index (κ2) is 1.61. The van der Waals surface area contributed by atoms with Crippen molar-refractivity contribution >= 4 is 5.71 Å². The summed E-state index contributed by atoms with van der Waals surface area (Å²) in [5, 5.41) is 11.7. The first kappa shape index (κ1) is 4.13. The van der Waals surface area contributed by atoms with E-state index in [1.165, 1.54) is 0 Å². The standard InChI is InChI=1S/C4H4N3/c5-3-4-1-2-6-7-4/h1,6H,2H2. The molecule has 0 spiro atoms. The first-order valence-electron chi connectivity index (χ1n) is 1.97. The molecular formula is C4H4N3. The van der Waals surface area contributed by atoms with Crippen LogP contribution in [-0.4, -0.2) is 12.3 Å². The molecule has 3 nitrogen and oxygen atoms in total. The third-order valence-electron chi connectivity index (χ3n) is 0.701. The van der Waals surface area contributed by atoms with Gasteiger partial charge >= 0.3 is 0 Å². The highest BCUT2D eigenvalue weighted by Crippen LogP contribution is 1.87. The van der Waals surface area contributed by atoms with Gasteiger partial charge in [0.25, 0.3) is 0 Å². The second-order valence-corrected chi connectivity index (χ2v) is 1.18. The van der Waals surface area contributed by atoms with Gasteiger partial charge in [-0.05, 0) is 0 Å². The Kier molecular flexibility index (Phi) is 0.947. The third kappa shape index (κ3) is 0.686. The van der Waals surface area contributed by atoms with Crippen molar-refractivity contribution in [3.8, 4) is 6.07 Å². The molecule has 1 radical (unpaired) electrons. The molecule has 0 aromatic rings. The van der Waals surface area contributed by atoms with Gasteiger partial charge in [-0.25, -0.2) is 0 Å². The van der Waals surface area contributed by atoms with Crippen LogP contribution in [0.2, 0.25) is 0 Å². The highest BCUT2D eigenvalue weighted by molar-refractivity contribution is 6.05. The van der Waals surface area contributed by atoms with E-state index in [4.69, 9.17) is 5.26 Å². The predicted molar refractivity (Wildman–Crippen MR) is 25.4 cm³/mol. The van der Waals surface area contributed by atoms with E-state index in [0.29, 0.717) is 12.3 Å². The van der Waals surface area contributed by atoms with Gasteiger partial charge in [-0.1, -0.05) is 0 Å². The lowest BCUT2D eigenvalue weighted by molar-refractivity contribution is 0.854. The normalized spacial score (nSPS) is 17.3. The quantitative estimate of drug-likeness (QED) is 0.447. The Balaban J connectivity index is 2.57. The first-order valence-corrected chi connectivity index (χ1v) is 1.97. The van der Waals surface area contributed by atoms with Crippen molar-refractivity contribution in [3.63, 3.8) is 0 Å². The zero-order chi connectivity index (χ0) is 5.11. The molecule has 0 atom stereocenters. The molecular weight excluding hydrogens is 90.1 g/mol. The third-order valence-corrected chi connectivity index (χ3v) is 0.701. The second-order valence-electron chi connectivity index (χ2n) is 1.18. The first-order chi connectivity index (χ1) is 3.43. The monoisotopic (exact) mass is 94.0 g/mol. The molecule has 0 aromatic carbocycles. The average Bonchev–Trinajstić information content (AvgIpc) is 2.14. The number of hydrogen-bond acceptors (Lipinski definition) is 3. The van der Waals surface area contributed by atoms with Gasteiger partial charge in [-0.3, -0.25) is 0 Å². The molecule has 0 fully saturated rings. The highest BCUT2D eigenvalue weighted by atomic mass is 15.3. The fraction of sp³-hybridized carbons (Fsp3) is 0.250. The smallest absolute Gasteiger partial charge is 0.143 e. The number of nitriles is 1. The molecule has 35 valence electrons. The molecule has 1 heterocycles. The summed E-state index contributed by atoms with van der Waals surface area (Å²) in [6, 6.07) is 1.90. The van der Waals surface area contributed by atoms with Crippen LogP contribution in [0.1, 0.15) is 0 Å². The topological polar surface area (TPSA) is 48.2 Å². The van der Waals surface area contributed by atoms with E-state index in [1.54, 1.807) is 6.42 Å². The molecule has 0 amide bonds. The molecule has 0 aromatic heterocycles. The molecule has 0 saturated carbocycles. The number of hydrogen-bond donors (Lipinski definition) is 1. The lowest BCUT2D eigenvalue weighted by atomic mass is 10.3. The molecule has 1 aliphatic rings. The summed E-state index contributed by atoms with van der Waals surface area (Å²) in [6.07, 6.45) is 1.74. The Hall–Kier alpha value is -1.04. The van der Waals surface area contributed by atoms with Crippen LogP contribution in [0, 0.1) is 17.8 Å². The summed E-state index contributed by atoms with van der Waals surface area (Å²) in [5.74, 6) is 0. The zero-order valence-corrected chi connectivity index (χ0v) is 3.68. The molecule has 0 bridgehead atoms. The minimum absolute atomic E-state index is 0.486. The van der Waals surface area contributed by atoms with Gasteiger partial charge in [0.1, 0.15) is 11.8 Å². The number of rotatable bonds is 0. The Morgan fingerprint density at radius 2 is 2.86 bits per heavy atom. The predicted octanol–water partition coefficient (Wildman–Crippen LogP) is -0.327. The maximum Gasteiger partial charge on any atom is 0.143 e. The van der Waals surface area contributed by atoms with Crippen molar-refractivity contribution in [3.05, 3.63) is 6.42 Å². The van der Waals surface area contributed by atoms with E-state index >= 15 is 0 Å². The minimum atomic E-state index is 0.486. The van der Waals surface area contributed by atoms with Crippen LogP contribution in [0.4, 0.5) is 0 Å². The fourth-order valence-corrected chi connectivity index (χ4v) is 0.389. The van der Waals surface area contributed by atoms with Crippen molar-refractivity contribution in [1.82, 2.24) is 5.43 Å². The van der Waals surface area contributed by atoms with Crippen LogP contribution < -0.4 is 5.43 Å². The summed E-state index contributed by atoms with van der Waals surface area (Å²) < 4.78 is 0. The SMILES string of the molecule is N#CC1=NNC[CH]1. The number of hydrazone groups is 1. The van der Waals surface area contributed by atoms with E-state index in [9.17, 15) is 0 Å². The Bertz CT molecular complexity index is 130. The average molecular weight is 94.1 g/mol.